The van der Waals surface area contributed by atoms with E-state index >= 15 is 0 Å². The molecule has 54 heavy (non-hydrogen) atoms. The van der Waals surface area contributed by atoms with Crippen LogP contribution in [0.5, 0.6) is 17.2 Å². The Balaban J connectivity index is 1.38. The number of nitrogens with zero attached hydrogens (tertiary/aromatic N) is 4. The summed E-state index contributed by atoms with van der Waals surface area (Å²) in [6.45, 7) is 15.3. The standard InChI is InChI=1S/C43H50Cl2N4O5/c1-26(2)11-8-17-53-33-21-31(22-34(23-33)54-25-50)24-48-15-10-16-49-41-36(13-14-37(44)39(41)38-29(5)46-47(7)30(38)6)35(42(49)43(48)51)12-9-18-52-32-19-27(3)40(45)28(4)20-32/h13-14,19-23,25-26H,8-12,15-18,24H2,1-7H3. The van der Waals surface area contributed by atoms with E-state index in [9.17, 15) is 9.59 Å². The Morgan fingerprint density at radius 1 is 0.889 bits per heavy atom. The molecule has 0 bridgehead atoms. The van der Waals surface area contributed by atoms with Crippen LogP contribution in [0.4, 0.5) is 0 Å². The van der Waals surface area contributed by atoms with Gasteiger partial charge in [-0.3, -0.25) is 14.3 Å². The Labute approximate surface area is 328 Å². The highest BCUT2D eigenvalue weighted by Gasteiger charge is 2.32. The van der Waals surface area contributed by atoms with Crippen LogP contribution in [-0.4, -0.2) is 51.4 Å². The molecule has 9 nitrogen and oxygen atoms in total. The van der Waals surface area contributed by atoms with Gasteiger partial charge in [0, 0.05) is 60.0 Å². The van der Waals surface area contributed by atoms with Gasteiger partial charge in [0.25, 0.3) is 12.4 Å². The monoisotopic (exact) mass is 772 g/mol. The number of carbonyl (C=O) groups is 2. The number of hydrogen-bond donors (Lipinski definition) is 0. The first kappa shape index (κ1) is 39.2. The van der Waals surface area contributed by atoms with Crippen LogP contribution < -0.4 is 14.2 Å². The molecule has 0 atom stereocenters. The van der Waals surface area contributed by atoms with Gasteiger partial charge in [0.05, 0.1) is 29.4 Å². The second kappa shape index (κ2) is 16.9. The van der Waals surface area contributed by atoms with Gasteiger partial charge in [-0.2, -0.15) is 5.10 Å². The maximum atomic E-state index is 14.9. The van der Waals surface area contributed by atoms with Gasteiger partial charge in [0.2, 0.25) is 0 Å². The summed E-state index contributed by atoms with van der Waals surface area (Å²) in [5.74, 6) is 2.28. The minimum atomic E-state index is -0.0635. The zero-order valence-corrected chi connectivity index (χ0v) is 33.9. The molecule has 1 aliphatic rings. The van der Waals surface area contributed by atoms with Crippen LogP contribution >= 0.6 is 23.2 Å². The molecule has 1 amide bonds. The second-order valence-corrected chi connectivity index (χ2v) is 15.6. The normalized spacial score (nSPS) is 13.1. The van der Waals surface area contributed by atoms with Gasteiger partial charge in [-0.15, -0.1) is 0 Å². The number of rotatable bonds is 15. The summed E-state index contributed by atoms with van der Waals surface area (Å²) >= 11 is 13.5. The third-order valence-electron chi connectivity index (χ3n) is 10.3. The van der Waals surface area contributed by atoms with E-state index in [1.54, 1.807) is 12.1 Å². The Morgan fingerprint density at radius 2 is 1.57 bits per heavy atom. The van der Waals surface area contributed by atoms with E-state index in [1.807, 2.05) is 74.7 Å². The SMILES string of the molecule is Cc1cc(OCCCc2c3n(c4c(-c5c(C)nn(C)c5C)c(Cl)ccc24)CCCN(Cc2cc(OC=O)cc(OCCCC(C)C)c2)C3=O)cc(C)c1Cl. The maximum absolute atomic E-state index is 14.9. The molecular formula is C43H50Cl2N4O5. The van der Waals surface area contributed by atoms with Gasteiger partial charge in [0.1, 0.15) is 22.9 Å². The smallest absolute Gasteiger partial charge is 0.298 e. The summed E-state index contributed by atoms with van der Waals surface area (Å²) in [6, 6.07) is 13.4. The summed E-state index contributed by atoms with van der Waals surface area (Å²) in [5.41, 5.74) is 9.11. The van der Waals surface area contributed by atoms with Gasteiger partial charge in [-0.1, -0.05) is 43.1 Å². The summed E-state index contributed by atoms with van der Waals surface area (Å²) < 4.78 is 21.6. The number of benzene rings is 3. The fraction of sp³-hybridized carbons (Fsp3) is 0.419. The molecule has 0 saturated heterocycles. The molecule has 0 aliphatic carbocycles. The quantitative estimate of drug-likeness (QED) is 0.0778. The first-order chi connectivity index (χ1) is 25.9. The topological polar surface area (TPSA) is 87.8 Å². The van der Waals surface area contributed by atoms with Crippen molar-refractivity contribution in [1.82, 2.24) is 19.2 Å². The van der Waals surface area contributed by atoms with Crippen LogP contribution in [0.1, 0.15) is 83.7 Å². The average molecular weight is 774 g/mol. The van der Waals surface area contributed by atoms with Crippen LogP contribution in [-0.2, 0) is 31.4 Å². The lowest BCUT2D eigenvalue weighted by atomic mass is 9.98. The van der Waals surface area contributed by atoms with E-state index in [-0.39, 0.29) is 5.91 Å². The molecule has 2 aromatic heterocycles. The van der Waals surface area contributed by atoms with Crippen molar-refractivity contribution in [1.29, 1.82) is 0 Å². The first-order valence-electron chi connectivity index (χ1n) is 18.8. The number of aromatic nitrogens is 3. The van der Waals surface area contributed by atoms with Crippen LogP contribution in [0.25, 0.3) is 22.0 Å². The largest absolute Gasteiger partial charge is 0.494 e. The van der Waals surface area contributed by atoms with Crippen molar-refractivity contribution in [3.63, 3.8) is 0 Å². The number of fused-ring (bicyclic) bond motifs is 3. The molecule has 0 radical (unpaired) electrons. The highest BCUT2D eigenvalue weighted by atomic mass is 35.5. The van der Waals surface area contributed by atoms with E-state index in [2.05, 4.69) is 18.4 Å². The molecule has 6 rings (SSSR count). The second-order valence-electron chi connectivity index (χ2n) is 14.8. The summed E-state index contributed by atoms with van der Waals surface area (Å²) in [7, 11) is 1.94. The summed E-state index contributed by atoms with van der Waals surface area (Å²) in [6.07, 6.45) is 4.01. The molecule has 3 heterocycles. The molecular weight excluding hydrogens is 723 g/mol. The van der Waals surface area contributed by atoms with Gasteiger partial charge in [-0.25, -0.2) is 0 Å². The molecule has 286 valence electrons. The fourth-order valence-electron chi connectivity index (χ4n) is 7.67. The van der Waals surface area contributed by atoms with E-state index < -0.39 is 0 Å². The predicted molar refractivity (Wildman–Crippen MR) is 215 cm³/mol. The maximum Gasteiger partial charge on any atom is 0.298 e. The van der Waals surface area contributed by atoms with E-state index in [4.69, 9.17) is 42.5 Å². The number of hydrogen-bond acceptors (Lipinski definition) is 6. The molecule has 0 N–H and O–H groups in total. The number of aryl methyl sites for hydroxylation is 6. The molecule has 0 spiro atoms. The lowest BCUT2D eigenvalue weighted by Gasteiger charge is -2.22. The van der Waals surface area contributed by atoms with Crippen LogP contribution in [0, 0.1) is 33.6 Å². The number of amides is 1. The zero-order chi connectivity index (χ0) is 38.7. The molecule has 3 aromatic carbocycles. The summed E-state index contributed by atoms with van der Waals surface area (Å²) in [5, 5.41) is 7.08. The van der Waals surface area contributed by atoms with E-state index in [0.717, 1.165) is 85.7 Å². The Morgan fingerprint density at radius 3 is 2.24 bits per heavy atom. The van der Waals surface area contributed by atoms with Crippen molar-refractivity contribution >= 4 is 46.5 Å². The van der Waals surface area contributed by atoms with Crippen molar-refractivity contribution in [3.05, 3.63) is 91.8 Å². The van der Waals surface area contributed by atoms with Gasteiger partial charge in [-0.05, 0) is 118 Å². The van der Waals surface area contributed by atoms with E-state index in [1.165, 1.54) is 0 Å². The lowest BCUT2D eigenvalue weighted by molar-refractivity contribution is -0.120. The molecule has 1 aliphatic heterocycles. The van der Waals surface area contributed by atoms with Crippen molar-refractivity contribution in [3.8, 4) is 28.4 Å². The van der Waals surface area contributed by atoms with E-state index in [0.29, 0.717) is 80.3 Å². The van der Waals surface area contributed by atoms with Crippen molar-refractivity contribution in [2.45, 2.75) is 86.7 Å². The highest BCUT2D eigenvalue weighted by molar-refractivity contribution is 6.35. The summed E-state index contributed by atoms with van der Waals surface area (Å²) in [4.78, 5) is 28.2. The highest BCUT2D eigenvalue weighted by Crippen LogP contribution is 2.43. The van der Waals surface area contributed by atoms with Gasteiger partial charge < -0.3 is 23.7 Å². The fourth-order valence-corrected chi connectivity index (χ4v) is 8.02. The van der Waals surface area contributed by atoms with Crippen molar-refractivity contribution < 1.29 is 23.8 Å². The Bertz CT molecular complexity index is 2160. The average Bonchev–Trinajstić information content (AvgIpc) is 3.50. The van der Waals surface area contributed by atoms with Gasteiger partial charge in [0.15, 0.2) is 0 Å². The predicted octanol–water partition coefficient (Wildman–Crippen LogP) is 9.99. The third-order valence-corrected chi connectivity index (χ3v) is 11.2. The van der Waals surface area contributed by atoms with Crippen LogP contribution in [0.15, 0.2) is 42.5 Å². The van der Waals surface area contributed by atoms with Crippen LogP contribution in [0.3, 0.4) is 0 Å². The number of carbonyl (C=O) groups excluding carboxylic acids is 2. The third kappa shape index (κ3) is 8.27. The molecule has 0 saturated carbocycles. The first-order valence-corrected chi connectivity index (χ1v) is 19.5. The molecule has 0 unspecified atom stereocenters. The number of halogens is 2. The minimum Gasteiger partial charge on any atom is -0.494 e. The van der Waals surface area contributed by atoms with Crippen molar-refractivity contribution in [2.24, 2.45) is 13.0 Å². The van der Waals surface area contributed by atoms with Crippen LogP contribution in [0.2, 0.25) is 10.0 Å². The molecule has 11 heteroatoms. The lowest BCUT2D eigenvalue weighted by Crippen LogP contribution is -2.31. The number of ether oxygens (including phenoxy) is 3. The molecule has 0 fully saturated rings. The Kier molecular flexibility index (Phi) is 12.3. The Hall–Kier alpha value is -4.47. The van der Waals surface area contributed by atoms with Crippen molar-refractivity contribution in [2.75, 3.05) is 19.8 Å². The zero-order valence-electron chi connectivity index (χ0n) is 32.4. The van der Waals surface area contributed by atoms with Gasteiger partial charge >= 0.3 is 0 Å². The molecule has 5 aromatic rings. The minimum absolute atomic E-state index is 0.0635.